The number of rotatable bonds is 3. The van der Waals surface area contributed by atoms with Gasteiger partial charge in [-0.2, -0.15) is 0 Å². The summed E-state index contributed by atoms with van der Waals surface area (Å²) in [6.45, 7) is 5.71. The van der Waals surface area contributed by atoms with Crippen molar-refractivity contribution in [3.63, 3.8) is 0 Å². The molecule has 1 aromatic carbocycles. The third-order valence-electron chi connectivity index (χ3n) is 5.76. The number of hydrogen-bond acceptors (Lipinski definition) is 2. The number of nitrogens with zero attached hydrogens (tertiary/aromatic N) is 2. The first kappa shape index (κ1) is 15.3. The Hall–Kier alpha value is -2.23. The van der Waals surface area contributed by atoms with Crippen LogP contribution in [0.1, 0.15) is 37.3 Å². The molecule has 4 heteroatoms. The fraction of sp³-hybridized carbons (Fsp3) is 0.400. The van der Waals surface area contributed by atoms with Crippen LogP contribution < -0.4 is 0 Å². The molecule has 1 aliphatic carbocycles. The van der Waals surface area contributed by atoms with Gasteiger partial charge in [-0.15, -0.1) is 0 Å². The van der Waals surface area contributed by atoms with E-state index in [4.69, 9.17) is 0 Å². The SMILES string of the molecule is CC1(C)CC1(C(=O)N1CC(c2cccnc2)C1)c1ccc(F)cc1. The van der Waals surface area contributed by atoms with Crippen LogP contribution in [-0.2, 0) is 10.2 Å². The molecule has 1 atom stereocenters. The van der Waals surface area contributed by atoms with Crippen molar-refractivity contribution >= 4 is 5.91 Å². The van der Waals surface area contributed by atoms with E-state index in [-0.39, 0.29) is 17.1 Å². The monoisotopic (exact) mass is 324 g/mol. The van der Waals surface area contributed by atoms with Crippen molar-refractivity contribution in [2.24, 2.45) is 5.41 Å². The Morgan fingerprint density at radius 2 is 1.88 bits per heavy atom. The van der Waals surface area contributed by atoms with Gasteiger partial charge in [0.25, 0.3) is 0 Å². The quantitative estimate of drug-likeness (QED) is 0.865. The molecular formula is C20H21FN2O. The molecule has 1 unspecified atom stereocenters. The Morgan fingerprint density at radius 3 is 2.42 bits per heavy atom. The fourth-order valence-electron chi connectivity index (χ4n) is 4.08. The second-order valence-electron chi connectivity index (χ2n) is 7.67. The maximum atomic E-state index is 13.3. The van der Waals surface area contributed by atoms with Crippen molar-refractivity contribution in [3.05, 3.63) is 65.7 Å². The first-order chi connectivity index (χ1) is 11.4. The molecule has 2 heterocycles. The number of aromatic nitrogens is 1. The van der Waals surface area contributed by atoms with Crippen molar-refractivity contribution < 1.29 is 9.18 Å². The van der Waals surface area contributed by atoms with Gasteiger partial charge in [0.2, 0.25) is 5.91 Å². The van der Waals surface area contributed by atoms with Crippen LogP contribution in [0.3, 0.4) is 0 Å². The molecule has 3 nitrogen and oxygen atoms in total. The smallest absolute Gasteiger partial charge is 0.233 e. The zero-order valence-electron chi connectivity index (χ0n) is 14.0. The van der Waals surface area contributed by atoms with E-state index in [9.17, 15) is 9.18 Å². The third kappa shape index (κ3) is 2.16. The normalized spacial score (nSPS) is 25.2. The average Bonchev–Trinajstić information content (AvgIpc) is 3.11. The summed E-state index contributed by atoms with van der Waals surface area (Å²) >= 11 is 0. The average molecular weight is 324 g/mol. The van der Waals surface area contributed by atoms with Gasteiger partial charge in [0.1, 0.15) is 5.82 Å². The fourth-order valence-corrected chi connectivity index (χ4v) is 4.08. The van der Waals surface area contributed by atoms with E-state index < -0.39 is 5.41 Å². The Bertz CT molecular complexity index is 766. The molecule has 0 bridgehead atoms. The first-order valence-corrected chi connectivity index (χ1v) is 8.39. The Morgan fingerprint density at radius 1 is 1.21 bits per heavy atom. The summed E-state index contributed by atoms with van der Waals surface area (Å²) < 4.78 is 13.3. The van der Waals surface area contributed by atoms with Gasteiger partial charge < -0.3 is 4.90 Å². The van der Waals surface area contributed by atoms with Gasteiger partial charge in [0.05, 0.1) is 5.41 Å². The molecule has 2 aliphatic rings. The summed E-state index contributed by atoms with van der Waals surface area (Å²) in [4.78, 5) is 19.3. The molecule has 0 spiro atoms. The molecule has 1 aromatic heterocycles. The van der Waals surface area contributed by atoms with Crippen molar-refractivity contribution in [2.75, 3.05) is 13.1 Å². The minimum absolute atomic E-state index is 0.0820. The number of pyridine rings is 1. The molecule has 1 saturated heterocycles. The van der Waals surface area contributed by atoms with Gasteiger partial charge in [-0.05, 0) is 41.2 Å². The molecule has 2 aromatic rings. The molecular weight excluding hydrogens is 303 g/mol. The molecule has 0 radical (unpaired) electrons. The van der Waals surface area contributed by atoms with Gasteiger partial charge in [-0.3, -0.25) is 9.78 Å². The molecule has 1 amide bonds. The van der Waals surface area contributed by atoms with Gasteiger partial charge in [-0.25, -0.2) is 4.39 Å². The Labute approximate surface area is 141 Å². The summed E-state index contributed by atoms with van der Waals surface area (Å²) in [6, 6.07) is 10.4. The second-order valence-corrected chi connectivity index (χ2v) is 7.67. The predicted octanol–water partition coefficient (Wildman–Crippen LogP) is 3.51. The van der Waals surface area contributed by atoms with Crippen molar-refractivity contribution in [1.29, 1.82) is 0 Å². The Kier molecular flexibility index (Phi) is 3.27. The lowest BCUT2D eigenvalue weighted by molar-refractivity contribution is -0.139. The second kappa shape index (κ2) is 5.13. The van der Waals surface area contributed by atoms with Crippen LogP contribution in [0, 0.1) is 11.2 Å². The predicted molar refractivity (Wildman–Crippen MR) is 90.0 cm³/mol. The highest BCUT2D eigenvalue weighted by Gasteiger charge is 2.68. The summed E-state index contributed by atoms with van der Waals surface area (Å²) in [7, 11) is 0. The van der Waals surface area contributed by atoms with Crippen LogP contribution >= 0.6 is 0 Å². The van der Waals surface area contributed by atoms with Gasteiger partial charge in [-0.1, -0.05) is 32.0 Å². The largest absolute Gasteiger partial charge is 0.341 e. The molecule has 24 heavy (non-hydrogen) atoms. The minimum Gasteiger partial charge on any atom is -0.341 e. The van der Waals surface area contributed by atoms with E-state index in [2.05, 4.69) is 24.9 Å². The van der Waals surface area contributed by atoms with E-state index in [1.807, 2.05) is 17.2 Å². The standard InChI is InChI=1S/C20H21FN2O/c1-19(2)13-20(19,16-5-7-17(21)8-6-16)18(24)23-11-15(12-23)14-4-3-9-22-10-14/h3-10,15H,11-13H2,1-2H3. The summed E-state index contributed by atoms with van der Waals surface area (Å²) in [5.74, 6) is 0.287. The summed E-state index contributed by atoms with van der Waals surface area (Å²) in [5.41, 5.74) is 1.54. The van der Waals surface area contributed by atoms with E-state index >= 15 is 0 Å². The van der Waals surface area contributed by atoms with Gasteiger partial charge in [0.15, 0.2) is 0 Å². The maximum Gasteiger partial charge on any atom is 0.233 e. The lowest BCUT2D eigenvalue weighted by Crippen LogP contribution is -2.53. The molecule has 4 rings (SSSR count). The number of halogens is 1. The number of benzene rings is 1. The zero-order chi connectivity index (χ0) is 16.9. The molecule has 0 N–H and O–H groups in total. The third-order valence-corrected chi connectivity index (χ3v) is 5.76. The number of amides is 1. The number of carbonyl (C=O) groups excluding carboxylic acids is 1. The summed E-state index contributed by atoms with van der Waals surface area (Å²) in [5, 5.41) is 0. The van der Waals surface area contributed by atoms with Crippen LogP contribution in [-0.4, -0.2) is 28.9 Å². The van der Waals surface area contributed by atoms with E-state index in [0.29, 0.717) is 5.92 Å². The maximum absolute atomic E-state index is 13.3. The van der Waals surface area contributed by atoms with Crippen LogP contribution in [0.15, 0.2) is 48.8 Å². The summed E-state index contributed by atoms with van der Waals surface area (Å²) in [6.07, 6.45) is 4.46. The molecule has 124 valence electrons. The topological polar surface area (TPSA) is 33.2 Å². The number of likely N-dealkylation sites (tertiary alicyclic amines) is 1. The molecule has 2 fully saturated rings. The van der Waals surface area contributed by atoms with Crippen molar-refractivity contribution in [3.8, 4) is 0 Å². The molecule has 1 saturated carbocycles. The van der Waals surface area contributed by atoms with Crippen molar-refractivity contribution in [2.45, 2.75) is 31.6 Å². The van der Waals surface area contributed by atoms with E-state index in [1.165, 1.54) is 17.7 Å². The van der Waals surface area contributed by atoms with Crippen LogP contribution in [0.2, 0.25) is 0 Å². The highest BCUT2D eigenvalue weighted by molar-refractivity contribution is 5.93. The highest BCUT2D eigenvalue weighted by atomic mass is 19.1. The van der Waals surface area contributed by atoms with Crippen LogP contribution in [0.5, 0.6) is 0 Å². The number of carbonyl (C=O) groups is 1. The highest BCUT2D eigenvalue weighted by Crippen LogP contribution is 2.65. The van der Waals surface area contributed by atoms with E-state index in [0.717, 1.165) is 25.1 Å². The van der Waals surface area contributed by atoms with Crippen LogP contribution in [0.25, 0.3) is 0 Å². The minimum atomic E-state index is -0.499. The van der Waals surface area contributed by atoms with Crippen LogP contribution in [0.4, 0.5) is 4.39 Å². The first-order valence-electron chi connectivity index (χ1n) is 8.39. The lowest BCUT2D eigenvalue weighted by atomic mass is 9.83. The van der Waals surface area contributed by atoms with Crippen molar-refractivity contribution in [1.82, 2.24) is 9.88 Å². The van der Waals surface area contributed by atoms with E-state index in [1.54, 1.807) is 18.3 Å². The van der Waals surface area contributed by atoms with Gasteiger partial charge >= 0.3 is 0 Å². The Balaban J connectivity index is 1.54. The van der Waals surface area contributed by atoms with Gasteiger partial charge in [0, 0.05) is 31.4 Å². The number of hydrogen-bond donors (Lipinski definition) is 0. The molecule has 1 aliphatic heterocycles. The zero-order valence-corrected chi connectivity index (χ0v) is 14.0. The lowest BCUT2D eigenvalue weighted by Gasteiger charge is -2.42.